The van der Waals surface area contributed by atoms with Gasteiger partial charge in [-0.3, -0.25) is 14.5 Å². The summed E-state index contributed by atoms with van der Waals surface area (Å²) in [5.74, 6) is -0.553. The van der Waals surface area contributed by atoms with Crippen molar-refractivity contribution in [1.82, 2.24) is 15.5 Å². The summed E-state index contributed by atoms with van der Waals surface area (Å²) in [5.41, 5.74) is 0.959. The molecule has 1 unspecified atom stereocenters. The van der Waals surface area contributed by atoms with Gasteiger partial charge in [0, 0.05) is 39.5 Å². The Kier molecular flexibility index (Phi) is 7.14. The predicted octanol–water partition coefficient (Wildman–Crippen LogP) is 0.841. The first-order valence-corrected chi connectivity index (χ1v) is 8.14. The minimum atomic E-state index is -0.279. The lowest BCUT2D eigenvalue weighted by molar-refractivity contribution is -0.121. The van der Waals surface area contributed by atoms with Crippen LogP contribution in [0, 0.1) is 5.82 Å². The number of ether oxygens (including phenoxy) is 1. The first kappa shape index (κ1) is 18.4. The van der Waals surface area contributed by atoms with Crippen LogP contribution in [0.2, 0.25) is 0 Å². The monoisotopic (exact) mass is 337 g/mol. The summed E-state index contributed by atoms with van der Waals surface area (Å²) in [6.45, 7) is 5.00. The van der Waals surface area contributed by atoms with Crippen LogP contribution in [0.1, 0.15) is 24.9 Å². The van der Waals surface area contributed by atoms with Crippen LogP contribution in [0.25, 0.3) is 0 Å². The fourth-order valence-corrected chi connectivity index (χ4v) is 2.68. The van der Waals surface area contributed by atoms with E-state index < -0.39 is 0 Å². The van der Waals surface area contributed by atoms with E-state index in [-0.39, 0.29) is 30.1 Å². The number of benzene rings is 1. The predicted molar refractivity (Wildman–Crippen MR) is 87.8 cm³/mol. The molecule has 1 aliphatic heterocycles. The molecule has 2 amide bonds. The molecule has 1 atom stereocenters. The van der Waals surface area contributed by atoms with Crippen molar-refractivity contribution in [3.05, 3.63) is 35.6 Å². The number of carbonyl (C=O) groups is 2. The molecule has 0 radical (unpaired) electrons. The first-order chi connectivity index (χ1) is 11.6. The van der Waals surface area contributed by atoms with Crippen LogP contribution in [-0.2, 0) is 14.3 Å². The second kappa shape index (κ2) is 9.34. The van der Waals surface area contributed by atoms with Crippen LogP contribution >= 0.6 is 0 Å². The van der Waals surface area contributed by atoms with Gasteiger partial charge in [-0.15, -0.1) is 0 Å². The third-order valence-electron chi connectivity index (χ3n) is 3.96. The molecule has 1 heterocycles. The third-order valence-corrected chi connectivity index (χ3v) is 3.96. The van der Waals surface area contributed by atoms with Crippen LogP contribution < -0.4 is 10.6 Å². The molecular formula is C17H24FN3O3. The van der Waals surface area contributed by atoms with Crippen molar-refractivity contribution in [1.29, 1.82) is 0 Å². The molecule has 2 rings (SSSR count). The summed E-state index contributed by atoms with van der Waals surface area (Å²) in [6.07, 6.45) is 0.235. The number of hydrogen-bond donors (Lipinski definition) is 2. The Morgan fingerprint density at radius 2 is 1.88 bits per heavy atom. The van der Waals surface area contributed by atoms with E-state index in [0.29, 0.717) is 26.3 Å². The van der Waals surface area contributed by atoms with E-state index in [1.54, 1.807) is 12.1 Å². The fraction of sp³-hybridized carbons (Fsp3) is 0.529. The van der Waals surface area contributed by atoms with E-state index in [9.17, 15) is 14.0 Å². The highest BCUT2D eigenvalue weighted by Gasteiger charge is 2.23. The molecule has 0 aliphatic carbocycles. The molecule has 1 aromatic rings. The number of carbonyl (C=O) groups excluding carboxylic acids is 2. The van der Waals surface area contributed by atoms with Gasteiger partial charge >= 0.3 is 0 Å². The summed E-state index contributed by atoms with van der Waals surface area (Å²) in [5, 5.41) is 5.50. The summed E-state index contributed by atoms with van der Waals surface area (Å²) in [6, 6.07) is 6.33. The van der Waals surface area contributed by atoms with Gasteiger partial charge < -0.3 is 15.4 Å². The highest BCUT2D eigenvalue weighted by Crippen LogP contribution is 2.21. The van der Waals surface area contributed by atoms with E-state index >= 15 is 0 Å². The van der Waals surface area contributed by atoms with Crippen molar-refractivity contribution in [2.45, 2.75) is 19.4 Å². The molecule has 1 saturated heterocycles. The minimum Gasteiger partial charge on any atom is -0.379 e. The maximum atomic E-state index is 13.2. The minimum absolute atomic E-state index is 0.0285. The van der Waals surface area contributed by atoms with Crippen LogP contribution in [0.5, 0.6) is 0 Å². The average Bonchev–Trinajstić information content (AvgIpc) is 2.57. The maximum Gasteiger partial charge on any atom is 0.221 e. The Morgan fingerprint density at radius 3 is 2.50 bits per heavy atom. The van der Waals surface area contributed by atoms with Gasteiger partial charge in [0.1, 0.15) is 5.82 Å². The second-order valence-electron chi connectivity index (χ2n) is 5.75. The lowest BCUT2D eigenvalue weighted by Gasteiger charge is -2.35. The van der Waals surface area contributed by atoms with Crippen molar-refractivity contribution in [3.8, 4) is 0 Å². The van der Waals surface area contributed by atoms with Gasteiger partial charge in [0.15, 0.2) is 0 Å². The van der Waals surface area contributed by atoms with Crippen LogP contribution in [-0.4, -0.2) is 56.1 Å². The number of nitrogens with zero attached hydrogens (tertiary/aromatic N) is 1. The molecule has 0 aromatic heterocycles. The van der Waals surface area contributed by atoms with Gasteiger partial charge in [0.25, 0.3) is 0 Å². The lowest BCUT2D eigenvalue weighted by Crippen LogP contribution is -2.44. The van der Waals surface area contributed by atoms with Crippen molar-refractivity contribution in [3.63, 3.8) is 0 Å². The van der Waals surface area contributed by atoms with E-state index in [1.165, 1.54) is 19.1 Å². The second-order valence-corrected chi connectivity index (χ2v) is 5.75. The normalized spacial score (nSPS) is 16.4. The van der Waals surface area contributed by atoms with Crippen LogP contribution in [0.3, 0.4) is 0 Å². The first-order valence-electron chi connectivity index (χ1n) is 8.14. The molecule has 0 saturated carbocycles. The Hall–Kier alpha value is -1.99. The molecule has 0 bridgehead atoms. The Morgan fingerprint density at radius 1 is 1.21 bits per heavy atom. The molecule has 2 N–H and O–H groups in total. The fourth-order valence-electron chi connectivity index (χ4n) is 2.68. The summed E-state index contributed by atoms with van der Waals surface area (Å²) >= 11 is 0. The number of halogens is 1. The average molecular weight is 337 g/mol. The third kappa shape index (κ3) is 5.90. The molecule has 6 nitrogen and oxygen atoms in total. The van der Waals surface area contributed by atoms with Gasteiger partial charge in [-0.05, 0) is 17.7 Å². The molecule has 1 aliphatic rings. The van der Waals surface area contributed by atoms with Crippen LogP contribution in [0.15, 0.2) is 24.3 Å². The Balaban J connectivity index is 1.94. The Labute approximate surface area is 141 Å². The molecule has 1 fully saturated rings. The molecule has 0 spiro atoms. The smallest absolute Gasteiger partial charge is 0.221 e. The quantitative estimate of drug-likeness (QED) is 0.774. The number of amides is 2. The Bertz CT molecular complexity index is 545. The molecule has 24 heavy (non-hydrogen) atoms. The number of rotatable bonds is 7. The van der Waals surface area contributed by atoms with Crippen molar-refractivity contribution < 1.29 is 18.7 Å². The van der Waals surface area contributed by atoms with Gasteiger partial charge in [0.2, 0.25) is 11.8 Å². The van der Waals surface area contributed by atoms with Gasteiger partial charge in [0.05, 0.1) is 19.3 Å². The largest absolute Gasteiger partial charge is 0.379 e. The zero-order valence-corrected chi connectivity index (χ0v) is 13.9. The van der Waals surface area contributed by atoms with E-state index in [2.05, 4.69) is 15.5 Å². The SMILES string of the molecule is CC(=O)NCCC(=O)NCC(c1ccc(F)cc1)N1CCOCC1. The van der Waals surface area contributed by atoms with Crippen molar-refractivity contribution in [2.24, 2.45) is 0 Å². The maximum absolute atomic E-state index is 13.2. The van der Waals surface area contributed by atoms with Crippen molar-refractivity contribution >= 4 is 11.8 Å². The molecular weight excluding hydrogens is 313 g/mol. The van der Waals surface area contributed by atoms with Gasteiger partial charge in [-0.2, -0.15) is 0 Å². The molecule has 1 aromatic carbocycles. The molecule has 132 valence electrons. The molecule has 7 heteroatoms. The van der Waals surface area contributed by atoms with E-state index in [0.717, 1.165) is 18.7 Å². The van der Waals surface area contributed by atoms with Crippen molar-refractivity contribution in [2.75, 3.05) is 39.4 Å². The highest BCUT2D eigenvalue weighted by molar-refractivity contribution is 5.77. The van der Waals surface area contributed by atoms with E-state index in [1.807, 2.05) is 0 Å². The number of morpholine rings is 1. The van der Waals surface area contributed by atoms with Gasteiger partial charge in [-0.1, -0.05) is 12.1 Å². The summed E-state index contributed by atoms with van der Waals surface area (Å²) in [7, 11) is 0. The number of hydrogen-bond acceptors (Lipinski definition) is 4. The van der Waals surface area contributed by atoms with Crippen LogP contribution in [0.4, 0.5) is 4.39 Å². The summed E-state index contributed by atoms with van der Waals surface area (Å²) < 4.78 is 18.5. The van der Waals surface area contributed by atoms with Gasteiger partial charge in [-0.25, -0.2) is 4.39 Å². The standard InChI is InChI=1S/C17H24FN3O3/c1-13(22)19-7-6-17(23)20-12-16(21-8-10-24-11-9-21)14-2-4-15(18)5-3-14/h2-5,16H,6-12H2,1H3,(H,19,22)(H,20,23). The highest BCUT2D eigenvalue weighted by atomic mass is 19.1. The topological polar surface area (TPSA) is 70.7 Å². The lowest BCUT2D eigenvalue weighted by atomic mass is 10.0. The zero-order valence-electron chi connectivity index (χ0n) is 13.9. The number of nitrogens with one attached hydrogen (secondary N) is 2. The zero-order chi connectivity index (χ0) is 17.4. The summed E-state index contributed by atoms with van der Waals surface area (Å²) in [4.78, 5) is 25.0. The van der Waals surface area contributed by atoms with E-state index in [4.69, 9.17) is 4.74 Å².